The molecular weight excluding hydrogens is 437 g/mol. The quantitative estimate of drug-likeness (QED) is 0.743. The van der Waals surface area contributed by atoms with Crippen molar-refractivity contribution in [2.75, 3.05) is 45.9 Å². The van der Waals surface area contributed by atoms with Crippen molar-refractivity contribution in [3.63, 3.8) is 0 Å². The maximum absolute atomic E-state index is 13.8. The van der Waals surface area contributed by atoms with Crippen molar-refractivity contribution in [3.8, 4) is 11.8 Å². The summed E-state index contributed by atoms with van der Waals surface area (Å²) in [5.41, 5.74) is 3.76. The number of Topliss-reactive ketones (excluding diaryl/α,β-unsaturated/α-hetero) is 1. The molecule has 0 aromatic heterocycles. The summed E-state index contributed by atoms with van der Waals surface area (Å²) in [7, 11) is 0. The van der Waals surface area contributed by atoms with E-state index in [1.54, 1.807) is 13.0 Å². The van der Waals surface area contributed by atoms with Gasteiger partial charge in [0.05, 0.1) is 29.9 Å². The molecule has 1 N–H and O–H groups in total. The molecule has 5 rings (SSSR count). The maximum atomic E-state index is 13.8. The van der Waals surface area contributed by atoms with Gasteiger partial charge in [0.15, 0.2) is 6.61 Å². The van der Waals surface area contributed by atoms with E-state index in [2.05, 4.69) is 9.80 Å². The summed E-state index contributed by atoms with van der Waals surface area (Å²) in [5.74, 6) is 0.144. The lowest BCUT2D eigenvalue weighted by molar-refractivity contribution is -0.0939. The van der Waals surface area contributed by atoms with E-state index < -0.39 is 11.9 Å². The molecule has 2 fully saturated rings. The zero-order valence-corrected chi connectivity index (χ0v) is 19.4. The zero-order chi connectivity index (χ0) is 24.0. The molecule has 0 radical (unpaired) electrons. The first kappa shape index (κ1) is 22.9. The Kier molecular flexibility index (Phi) is 6.13. The highest BCUT2D eigenvalue weighted by Crippen LogP contribution is 2.37. The van der Waals surface area contributed by atoms with Gasteiger partial charge in [0.25, 0.3) is 0 Å². The topological polar surface area (TPSA) is 86.0 Å². The third kappa shape index (κ3) is 3.99. The van der Waals surface area contributed by atoms with Crippen molar-refractivity contribution in [1.29, 1.82) is 5.26 Å². The van der Waals surface area contributed by atoms with Crippen molar-refractivity contribution in [1.82, 2.24) is 9.80 Å². The summed E-state index contributed by atoms with van der Waals surface area (Å²) in [6, 6.07) is 8.75. The Labute approximate surface area is 198 Å². The van der Waals surface area contributed by atoms with Crippen LogP contribution < -0.4 is 4.74 Å². The SMILES string of the molecule is Cc1c(C(O)CN2CCN3C[C@@H](c4ccc5c(c4C)OCC5=O)OC[C@@H]3C2)ccc(F)c1C#N. The molecule has 0 aliphatic carbocycles. The second kappa shape index (κ2) is 9.08. The molecule has 0 spiro atoms. The fraction of sp³-hybridized carbons (Fsp3) is 0.462. The van der Waals surface area contributed by atoms with E-state index in [0.29, 0.717) is 35.6 Å². The number of carbonyl (C=O) groups is 1. The first-order chi connectivity index (χ1) is 16.4. The fourth-order valence-corrected chi connectivity index (χ4v) is 5.42. The van der Waals surface area contributed by atoms with Crippen LogP contribution in [0.2, 0.25) is 0 Å². The summed E-state index contributed by atoms with van der Waals surface area (Å²) in [5, 5.41) is 20.0. The number of morpholine rings is 1. The monoisotopic (exact) mass is 465 g/mol. The number of nitrogens with zero attached hydrogens (tertiary/aromatic N) is 3. The number of ether oxygens (including phenoxy) is 2. The number of fused-ring (bicyclic) bond motifs is 2. The molecule has 3 atom stereocenters. The van der Waals surface area contributed by atoms with Gasteiger partial charge in [0, 0.05) is 38.8 Å². The minimum atomic E-state index is -0.798. The fourth-order valence-electron chi connectivity index (χ4n) is 5.42. The number of nitriles is 1. The zero-order valence-electron chi connectivity index (χ0n) is 19.4. The van der Waals surface area contributed by atoms with Gasteiger partial charge >= 0.3 is 0 Å². The van der Waals surface area contributed by atoms with E-state index in [0.717, 1.165) is 37.3 Å². The first-order valence-corrected chi connectivity index (χ1v) is 11.6. The number of halogens is 1. The average Bonchev–Trinajstić information content (AvgIpc) is 3.21. The number of β-amino-alcohol motifs (C(OH)–C–C–N with tert-alkyl or cyclic N) is 1. The van der Waals surface area contributed by atoms with Crippen molar-refractivity contribution in [2.45, 2.75) is 32.1 Å². The maximum Gasteiger partial charge on any atom is 0.203 e. The van der Waals surface area contributed by atoms with E-state index in [-0.39, 0.29) is 30.1 Å². The van der Waals surface area contributed by atoms with Gasteiger partial charge in [-0.3, -0.25) is 14.6 Å². The second-order valence-electron chi connectivity index (χ2n) is 9.36. The van der Waals surface area contributed by atoms with Crippen LogP contribution in [-0.4, -0.2) is 72.7 Å². The summed E-state index contributed by atoms with van der Waals surface area (Å²) in [4.78, 5) is 16.6. The predicted octanol–water partition coefficient (Wildman–Crippen LogP) is 2.68. The van der Waals surface area contributed by atoms with Gasteiger partial charge in [-0.25, -0.2) is 4.39 Å². The standard InChI is InChI=1S/C26H28FN3O4/c1-15-18(5-6-22(27)21(15)9-28)23(31)11-29-7-8-30-12-25(33-13-17(30)10-29)19-3-4-20-24(32)14-34-26(20)16(19)2/h3-6,17,23,25,31H,7-8,10-14H2,1-2H3/t17-,23?,25-/m0/s1. The Balaban J connectivity index is 1.23. The highest BCUT2D eigenvalue weighted by Gasteiger charge is 2.36. The lowest BCUT2D eigenvalue weighted by atomic mass is 9.96. The minimum Gasteiger partial charge on any atom is -0.484 e. The number of hydrogen-bond donors (Lipinski definition) is 1. The third-order valence-electron chi connectivity index (χ3n) is 7.38. The first-order valence-electron chi connectivity index (χ1n) is 11.6. The van der Waals surface area contributed by atoms with E-state index in [1.807, 2.05) is 25.1 Å². The highest BCUT2D eigenvalue weighted by atomic mass is 19.1. The van der Waals surface area contributed by atoms with Gasteiger partial charge in [-0.15, -0.1) is 0 Å². The predicted molar refractivity (Wildman–Crippen MR) is 122 cm³/mol. The van der Waals surface area contributed by atoms with Gasteiger partial charge < -0.3 is 14.6 Å². The van der Waals surface area contributed by atoms with E-state index in [1.165, 1.54) is 6.07 Å². The van der Waals surface area contributed by atoms with Crippen LogP contribution in [0.3, 0.4) is 0 Å². The number of carbonyl (C=O) groups excluding carboxylic acids is 1. The van der Waals surface area contributed by atoms with Gasteiger partial charge in [-0.2, -0.15) is 5.26 Å². The van der Waals surface area contributed by atoms with E-state index in [4.69, 9.17) is 9.47 Å². The molecule has 0 amide bonds. The average molecular weight is 466 g/mol. The summed E-state index contributed by atoms with van der Waals surface area (Å²) >= 11 is 0. The Morgan fingerprint density at radius 3 is 2.82 bits per heavy atom. The summed E-state index contributed by atoms with van der Waals surface area (Å²) in [6.07, 6.45) is -0.877. The summed E-state index contributed by atoms with van der Waals surface area (Å²) < 4.78 is 25.7. The third-order valence-corrected chi connectivity index (χ3v) is 7.38. The molecule has 2 aromatic carbocycles. The molecule has 3 aliphatic heterocycles. The van der Waals surface area contributed by atoms with Gasteiger partial charge in [0.2, 0.25) is 5.78 Å². The van der Waals surface area contributed by atoms with Gasteiger partial charge in [-0.1, -0.05) is 12.1 Å². The number of benzene rings is 2. The van der Waals surface area contributed by atoms with Crippen LogP contribution in [0.25, 0.3) is 0 Å². The number of hydrogen-bond acceptors (Lipinski definition) is 7. The Morgan fingerprint density at radius 1 is 1.21 bits per heavy atom. The molecule has 3 aliphatic rings. The van der Waals surface area contributed by atoms with Crippen molar-refractivity contribution in [2.24, 2.45) is 0 Å². The number of ketones is 1. The van der Waals surface area contributed by atoms with Crippen LogP contribution in [-0.2, 0) is 4.74 Å². The van der Waals surface area contributed by atoms with Crippen molar-refractivity contribution < 1.29 is 23.8 Å². The Bertz CT molecular complexity index is 1180. The lowest BCUT2D eigenvalue weighted by Crippen LogP contribution is -2.58. The molecule has 3 heterocycles. The highest BCUT2D eigenvalue weighted by molar-refractivity contribution is 6.02. The molecule has 34 heavy (non-hydrogen) atoms. The molecule has 7 nitrogen and oxygen atoms in total. The van der Waals surface area contributed by atoms with Crippen molar-refractivity contribution >= 4 is 5.78 Å². The number of aliphatic hydroxyl groups excluding tert-OH is 1. The Morgan fingerprint density at radius 2 is 2.03 bits per heavy atom. The van der Waals surface area contributed by atoms with Gasteiger partial charge in [-0.05, 0) is 48.2 Å². The van der Waals surface area contributed by atoms with Crippen LogP contribution >= 0.6 is 0 Å². The largest absolute Gasteiger partial charge is 0.484 e. The molecule has 1 unspecified atom stereocenters. The molecule has 8 heteroatoms. The summed E-state index contributed by atoms with van der Waals surface area (Å²) in [6.45, 7) is 7.92. The van der Waals surface area contributed by atoms with Crippen LogP contribution in [0, 0.1) is 31.0 Å². The number of rotatable bonds is 4. The molecular formula is C26H28FN3O4. The van der Waals surface area contributed by atoms with Crippen LogP contribution in [0.5, 0.6) is 5.75 Å². The molecule has 178 valence electrons. The van der Waals surface area contributed by atoms with Gasteiger partial charge in [0.1, 0.15) is 17.6 Å². The molecule has 0 saturated carbocycles. The minimum absolute atomic E-state index is 0.00953. The number of aliphatic hydroxyl groups is 1. The Hall–Kier alpha value is -2.83. The molecule has 2 saturated heterocycles. The molecule has 2 aromatic rings. The molecule has 0 bridgehead atoms. The van der Waals surface area contributed by atoms with Crippen LogP contribution in [0.4, 0.5) is 4.39 Å². The number of piperazine rings is 1. The van der Waals surface area contributed by atoms with Crippen LogP contribution in [0.1, 0.15) is 50.4 Å². The van der Waals surface area contributed by atoms with E-state index >= 15 is 0 Å². The normalized spacial score (nSPS) is 23.7. The van der Waals surface area contributed by atoms with E-state index in [9.17, 15) is 19.6 Å². The smallest absolute Gasteiger partial charge is 0.203 e. The lowest BCUT2D eigenvalue weighted by Gasteiger charge is -2.46. The van der Waals surface area contributed by atoms with Crippen LogP contribution in [0.15, 0.2) is 24.3 Å². The second-order valence-corrected chi connectivity index (χ2v) is 9.36. The van der Waals surface area contributed by atoms with Crippen molar-refractivity contribution in [3.05, 3.63) is 63.5 Å².